The molecule has 25 heavy (non-hydrogen) atoms. The van der Waals surface area contributed by atoms with Crippen molar-refractivity contribution >= 4 is 5.91 Å². The maximum atomic E-state index is 12.5. The largest absolute Gasteiger partial charge is 0.459 e. The lowest BCUT2D eigenvalue weighted by Crippen LogP contribution is -2.30. The molecule has 128 valence electrons. The lowest BCUT2D eigenvalue weighted by atomic mass is 9.99. The monoisotopic (exact) mass is 337 g/mol. The second-order valence-corrected chi connectivity index (χ2v) is 6.19. The molecule has 1 atom stereocenters. The molecular formula is C18H19N5O2. The third kappa shape index (κ3) is 3.45. The van der Waals surface area contributed by atoms with Gasteiger partial charge in [0.2, 0.25) is 5.91 Å². The Balaban J connectivity index is 1.33. The van der Waals surface area contributed by atoms with Gasteiger partial charge < -0.3 is 9.73 Å². The molecule has 1 unspecified atom stereocenters. The van der Waals surface area contributed by atoms with Gasteiger partial charge in [-0.15, -0.1) is 5.10 Å². The van der Waals surface area contributed by atoms with Crippen LogP contribution >= 0.6 is 0 Å². The van der Waals surface area contributed by atoms with Crippen LogP contribution in [-0.2, 0) is 24.3 Å². The molecule has 3 aromatic rings. The van der Waals surface area contributed by atoms with Gasteiger partial charge in [-0.1, -0.05) is 30.3 Å². The number of tetrazole rings is 1. The summed E-state index contributed by atoms with van der Waals surface area (Å²) >= 11 is 0. The molecular weight excluding hydrogens is 318 g/mol. The molecule has 1 aliphatic heterocycles. The Kier molecular flexibility index (Phi) is 4.28. The quantitative estimate of drug-likeness (QED) is 0.789. The SMILES string of the molecule is O=C(NCc1ccc(-c2ccccc2)o1)C1CCc2nnnn2CC1. The molecule has 0 radical (unpaired) electrons. The van der Waals surface area contributed by atoms with Gasteiger partial charge in [0.25, 0.3) is 0 Å². The Labute approximate surface area is 145 Å². The van der Waals surface area contributed by atoms with Gasteiger partial charge in [0, 0.05) is 24.4 Å². The van der Waals surface area contributed by atoms with Gasteiger partial charge >= 0.3 is 0 Å². The van der Waals surface area contributed by atoms with Gasteiger partial charge in [0.15, 0.2) is 5.82 Å². The lowest BCUT2D eigenvalue weighted by molar-refractivity contribution is -0.125. The van der Waals surface area contributed by atoms with Crippen LogP contribution in [0.2, 0.25) is 0 Å². The summed E-state index contributed by atoms with van der Waals surface area (Å²) in [6.45, 7) is 1.08. The number of hydrogen-bond acceptors (Lipinski definition) is 5. The number of carbonyl (C=O) groups is 1. The van der Waals surface area contributed by atoms with E-state index >= 15 is 0 Å². The lowest BCUT2D eigenvalue weighted by Gasteiger charge is -2.13. The second kappa shape index (κ2) is 6.88. The van der Waals surface area contributed by atoms with E-state index in [-0.39, 0.29) is 11.8 Å². The molecule has 4 rings (SSSR count). The van der Waals surface area contributed by atoms with Gasteiger partial charge in [0.05, 0.1) is 6.54 Å². The van der Waals surface area contributed by atoms with E-state index in [4.69, 9.17) is 4.42 Å². The predicted octanol–water partition coefficient (Wildman–Crippen LogP) is 2.20. The minimum atomic E-state index is -0.0351. The smallest absolute Gasteiger partial charge is 0.223 e. The van der Waals surface area contributed by atoms with Gasteiger partial charge in [-0.25, -0.2) is 4.68 Å². The molecule has 7 nitrogen and oxygen atoms in total. The van der Waals surface area contributed by atoms with Crippen LogP contribution in [0, 0.1) is 5.92 Å². The fraction of sp³-hybridized carbons (Fsp3) is 0.333. The predicted molar refractivity (Wildman–Crippen MR) is 90.2 cm³/mol. The van der Waals surface area contributed by atoms with E-state index in [9.17, 15) is 4.79 Å². The first-order chi connectivity index (χ1) is 12.3. The zero-order valence-corrected chi connectivity index (χ0v) is 13.8. The summed E-state index contributed by atoms with van der Waals surface area (Å²) in [5.41, 5.74) is 1.03. The van der Waals surface area contributed by atoms with Crippen LogP contribution in [-0.4, -0.2) is 26.1 Å². The average Bonchev–Trinajstić information content (AvgIpc) is 3.26. The number of benzene rings is 1. The van der Waals surface area contributed by atoms with Gasteiger partial charge in [-0.2, -0.15) is 0 Å². The van der Waals surface area contributed by atoms with Crippen molar-refractivity contribution in [1.82, 2.24) is 25.5 Å². The molecule has 1 N–H and O–H groups in total. The highest BCUT2D eigenvalue weighted by Gasteiger charge is 2.23. The number of furan rings is 1. The van der Waals surface area contributed by atoms with E-state index in [2.05, 4.69) is 20.8 Å². The second-order valence-electron chi connectivity index (χ2n) is 6.19. The van der Waals surface area contributed by atoms with Crippen molar-refractivity contribution in [3.8, 4) is 11.3 Å². The zero-order chi connectivity index (χ0) is 17.1. The number of nitrogens with one attached hydrogen (secondary N) is 1. The number of fused-ring (bicyclic) bond motifs is 1. The zero-order valence-electron chi connectivity index (χ0n) is 13.8. The number of amides is 1. The summed E-state index contributed by atoms with van der Waals surface area (Å²) in [7, 11) is 0. The highest BCUT2D eigenvalue weighted by atomic mass is 16.3. The fourth-order valence-electron chi connectivity index (χ4n) is 3.11. The summed E-state index contributed by atoms with van der Waals surface area (Å²) in [4.78, 5) is 12.5. The van der Waals surface area contributed by atoms with Crippen molar-refractivity contribution in [2.45, 2.75) is 32.4 Å². The number of hydrogen-bond donors (Lipinski definition) is 1. The highest BCUT2D eigenvalue weighted by Crippen LogP contribution is 2.22. The van der Waals surface area contributed by atoms with Gasteiger partial charge in [-0.3, -0.25) is 4.79 Å². The molecule has 0 saturated carbocycles. The Morgan fingerprint density at radius 3 is 2.96 bits per heavy atom. The minimum Gasteiger partial charge on any atom is -0.459 e. The van der Waals surface area contributed by atoms with E-state index in [1.54, 1.807) is 4.68 Å². The third-order valence-corrected chi connectivity index (χ3v) is 4.54. The third-order valence-electron chi connectivity index (χ3n) is 4.54. The first-order valence-electron chi connectivity index (χ1n) is 8.46. The van der Waals surface area contributed by atoms with Crippen LogP contribution in [0.4, 0.5) is 0 Å². The van der Waals surface area contributed by atoms with Crippen molar-refractivity contribution in [2.75, 3.05) is 0 Å². The fourth-order valence-corrected chi connectivity index (χ4v) is 3.11. The first-order valence-corrected chi connectivity index (χ1v) is 8.46. The van der Waals surface area contributed by atoms with E-state index in [0.29, 0.717) is 13.1 Å². The van der Waals surface area contributed by atoms with E-state index < -0.39 is 0 Å². The van der Waals surface area contributed by atoms with E-state index in [1.807, 2.05) is 42.5 Å². The van der Waals surface area contributed by atoms with Crippen molar-refractivity contribution in [3.63, 3.8) is 0 Å². The number of aromatic nitrogens is 4. The average molecular weight is 337 g/mol. The number of aryl methyl sites for hydroxylation is 2. The normalized spacial score (nSPS) is 16.9. The van der Waals surface area contributed by atoms with Crippen molar-refractivity contribution in [1.29, 1.82) is 0 Å². The standard InChI is InChI=1S/C18H19N5O2/c24-18(14-6-9-17-20-21-22-23(17)11-10-14)19-12-15-7-8-16(25-15)13-4-2-1-3-5-13/h1-5,7-8,14H,6,9-12H2,(H,19,24). The molecule has 0 saturated heterocycles. The Hall–Kier alpha value is -2.96. The van der Waals surface area contributed by atoms with E-state index in [1.165, 1.54) is 0 Å². The molecule has 7 heteroatoms. The van der Waals surface area contributed by atoms with Gasteiger partial charge in [-0.05, 0) is 35.4 Å². The van der Waals surface area contributed by atoms with Crippen LogP contribution in [0.25, 0.3) is 11.3 Å². The number of nitrogens with zero attached hydrogens (tertiary/aromatic N) is 4. The van der Waals surface area contributed by atoms with Crippen LogP contribution in [0.15, 0.2) is 46.9 Å². The molecule has 0 spiro atoms. The topological polar surface area (TPSA) is 85.8 Å². The summed E-state index contributed by atoms with van der Waals surface area (Å²) in [6, 6.07) is 13.7. The molecule has 0 fully saturated rings. The Morgan fingerprint density at radius 2 is 2.08 bits per heavy atom. The van der Waals surface area contributed by atoms with Crippen molar-refractivity contribution < 1.29 is 9.21 Å². The maximum absolute atomic E-state index is 12.5. The molecule has 1 amide bonds. The Bertz CT molecular complexity index is 833. The molecule has 2 aromatic heterocycles. The van der Waals surface area contributed by atoms with Crippen LogP contribution < -0.4 is 5.32 Å². The van der Waals surface area contributed by atoms with Crippen LogP contribution in [0.3, 0.4) is 0 Å². The van der Waals surface area contributed by atoms with Crippen molar-refractivity contribution in [2.24, 2.45) is 5.92 Å². The van der Waals surface area contributed by atoms with Crippen LogP contribution in [0.5, 0.6) is 0 Å². The summed E-state index contributed by atoms with van der Waals surface area (Å²) in [5.74, 6) is 2.43. The molecule has 1 aromatic carbocycles. The van der Waals surface area contributed by atoms with E-state index in [0.717, 1.165) is 42.2 Å². The Morgan fingerprint density at radius 1 is 1.20 bits per heavy atom. The number of carbonyl (C=O) groups excluding carboxylic acids is 1. The minimum absolute atomic E-state index is 0.0351. The molecule has 3 heterocycles. The highest BCUT2D eigenvalue weighted by molar-refractivity contribution is 5.78. The first kappa shape index (κ1) is 15.6. The molecule has 1 aliphatic rings. The summed E-state index contributed by atoms with van der Waals surface area (Å²) < 4.78 is 7.61. The summed E-state index contributed by atoms with van der Waals surface area (Å²) in [5, 5.41) is 14.6. The number of rotatable bonds is 4. The maximum Gasteiger partial charge on any atom is 0.223 e. The summed E-state index contributed by atoms with van der Waals surface area (Å²) in [6.07, 6.45) is 2.24. The van der Waals surface area contributed by atoms with Crippen molar-refractivity contribution in [3.05, 3.63) is 54.0 Å². The van der Waals surface area contributed by atoms with Crippen LogP contribution in [0.1, 0.15) is 24.4 Å². The van der Waals surface area contributed by atoms with Gasteiger partial charge in [0.1, 0.15) is 11.5 Å². The molecule has 0 bridgehead atoms. The molecule has 0 aliphatic carbocycles.